The molecule has 32 heavy (non-hydrogen) atoms. The van der Waals surface area contributed by atoms with Gasteiger partial charge in [0.1, 0.15) is 5.82 Å². The van der Waals surface area contributed by atoms with Crippen molar-refractivity contribution in [3.8, 4) is 0 Å². The highest BCUT2D eigenvalue weighted by atomic mass is 19.1. The number of H-pyrrole nitrogens is 1. The number of carbonyl (C=O) groups is 2. The fourth-order valence-electron chi connectivity index (χ4n) is 4.08. The SMILES string of the molecule is O=Cn1cc2c(n1)CCN(C(=O)c1cc(Cc3n[nH]c(=O)c4ccccc34)ccc1F)C2. The first-order valence-corrected chi connectivity index (χ1v) is 10.1. The minimum absolute atomic E-state index is 0.0255. The van der Waals surface area contributed by atoms with E-state index in [4.69, 9.17) is 0 Å². The van der Waals surface area contributed by atoms with Crippen LogP contribution in [0.1, 0.15) is 32.9 Å². The van der Waals surface area contributed by atoms with E-state index in [9.17, 15) is 18.8 Å². The van der Waals surface area contributed by atoms with Crippen LogP contribution in [0.2, 0.25) is 0 Å². The largest absolute Gasteiger partial charge is 0.334 e. The average Bonchev–Trinajstić information content (AvgIpc) is 3.24. The molecule has 0 saturated carbocycles. The second-order valence-corrected chi connectivity index (χ2v) is 7.70. The van der Waals surface area contributed by atoms with E-state index < -0.39 is 11.7 Å². The third kappa shape index (κ3) is 3.47. The molecule has 0 atom stereocenters. The molecular formula is C23H18FN5O3. The van der Waals surface area contributed by atoms with Crippen LogP contribution in [0.4, 0.5) is 4.39 Å². The monoisotopic (exact) mass is 431 g/mol. The van der Waals surface area contributed by atoms with Crippen LogP contribution in [-0.4, -0.2) is 43.7 Å². The van der Waals surface area contributed by atoms with Gasteiger partial charge in [-0.15, -0.1) is 0 Å². The van der Waals surface area contributed by atoms with Crippen molar-refractivity contribution < 1.29 is 14.0 Å². The number of halogens is 1. The minimum Gasteiger partial charge on any atom is -0.334 e. The van der Waals surface area contributed by atoms with Crippen molar-refractivity contribution in [3.63, 3.8) is 0 Å². The number of nitrogens with one attached hydrogen (secondary N) is 1. The number of hydrogen-bond acceptors (Lipinski definition) is 5. The molecule has 0 bridgehead atoms. The highest BCUT2D eigenvalue weighted by Gasteiger charge is 2.26. The Labute approximate surface area is 181 Å². The van der Waals surface area contributed by atoms with Crippen LogP contribution in [-0.2, 0) is 24.2 Å². The van der Waals surface area contributed by atoms with E-state index in [0.717, 1.165) is 11.3 Å². The Morgan fingerprint density at radius 1 is 1.19 bits per heavy atom. The van der Waals surface area contributed by atoms with Crippen molar-refractivity contribution in [2.75, 3.05) is 6.54 Å². The van der Waals surface area contributed by atoms with Gasteiger partial charge in [-0.25, -0.2) is 14.2 Å². The first kappa shape index (κ1) is 19.8. The van der Waals surface area contributed by atoms with Crippen molar-refractivity contribution in [2.24, 2.45) is 0 Å². The van der Waals surface area contributed by atoms with Gasteiger partial charge in [0.25, 0.3) is 11.5 Å². The fourth-order valence-corrected chi connectivity index (χ4v) is 4.08. The second-order valence-electron chi connectivity index (χ2n) is 7.70. The summed E-state index contributed by atoms with van der Waals surface area (Å²) in [4.78, 5) is 37.6. The molecule has 3 heterocycles. The Balaban J connectivity index is 1.43. The Bertz CT molecular complexity index is 1420. The minimum atomic E-state index is -0.604. The zero-order valence-corrected chi connectivity index (χ0v) is 16.9. The average molecular weight is 431 g/mol. The molecule has 0 unspecified atom stereocenters. The Hall–Kier alpha value is -4.14. The number of hydrogen-bond donors (Lipinski definition) is 1. The maximum atomic E-state index is 14.6. The van der Waals surface area contributed by atoms with Crippen LogP contribution in [0.3, 0.4) is 0 Å². The molecule has 160 valence electrons. The molecule has 1 amide bonds. The van der Waals surface area contributed by atoms with Gasteiger partial charge >= 0.3 is 0 Å². The molecule has 0 spiro atoms. The van der Waals surface area contributed by atoms with Gasteiger partial charge in [0, 0.05) is 43.1 Å². The zero-order chi connectivity index (χ0) is 22.2. The van der Waals surface area contributed by atoms with Crippen molar-refractivity contribution in [2.45, 2.75) is 19.4 Å². The number of rotatable bonds is 4. The smallest absolute Gasteiger partial charge is 0.272 e. The number of benzene rings is 2. The highest BCUT2D eigenvalue weighted by molar-refractivity contribution is 5.95. The van der Waals surface area contributed by atoms with Crippen LogP contribution in [0, 0.1) is 5.82 Å². The van der Waals surface area contributed by atoms with Crippen LogP contribution < -0.4 is 5.56 Å². The molecule has 1 aliphatic heterocycles. The zero-order valence-electron chi connectivity index (χ0n) is 16.9. The lowest BCUT2D eigenvalue weighted by Gasteiger charge is -2.26. The van der Waals surface area contributed by atoms with E-state index in [2.05, 4.69) is 15.3 Å². The van der Waals surface area contributed by atoms with Crippen LogP contribution >= 0.6 is 0 Å². The fraction of sp³-hybridized carbons (Fsp3) is 0.174. The molecule has 0 fully saturated rings. The predicted molar refractivity (Wildman–Crippen MR) is 114 cm³/mol. The second kappa shape index (κ2) is 7.84. The summed E-state index contributed by atoms with van der Waals surface area (Å²) < 4.78 is 15.8. The van der Waals surface area contributed by atoms with E-state index in [-0.39, 0.29) is 17.7 Å². The molecule has 1 N–H and O–H groups in total. The molecule has 0 saturated heterocycles. The number of amides is 1. The van der Waals surface area contributed by atoms with Crippen LogP contribution in [0.15, 0.2) is 53.5 Å². The van der Waals surface area contributed by atoms with Gasteiger partial charge in [0.15, 0.2) is 0 Å². The molecule has 5 rings (SSSR count). The lowest BCUT2D eigenvalue weighted by atomic mass is 10.0. The maximum Gasteiger partial charge on any atom is 0.272 e. The van der Waals surface area contributed by atoms with Gasteiger partial charge in [0.2, 0.25) is 6.41 Å². The van der Waals surface area contributed by atoms with Gasteiger partial charge in [0.05, 0.1) is 22.3 Å². The third-order valence-corrected chi connectivity index (χ3v) is 5.68. The first-order valence-electron chi connectivity index (χ1n) is 10.1. The number of fused-ring (bicyclic) bond motifs is 2. The molecule has 0 aliphatic carbocycles. The standard InChI is InChI=1S/C23H18FN5O3/c24-19-6-5-14(10-21-16-3-1-2-4-17(16)22(31)26-25-21)9-18(19)23(32)28-8-7-20-15(11-28)12-29(13-30)27-20/h1-6,9,12-13H,7-8,10-11H2,(H,26,31). The summed E-state index contributed by atoms with van der Waals surface area (Å²) in [5.74, 6) is -1.03. The summed E-state index contributed by atoms with van der Waals surface area (Å²) in [6.07, 6.45) is 3.01. The lowest BCUT2D eigenvalue weighted by molar-refractivity contribution is 0.0729. The van der Waals surface area contributed by atoms with Crippen molar-refractivity contribution in [1.29, 1.82) is 0 Å². The van der Waals surface area contributed by atoms with E-state index in [1.54, 1.807) is 29.3 Å². The summed E-state index contributed by atoms with van der Waals surface area (Å²) in [5.41, 5.74) is 2.58. The molecule has 4 aromatic rings. The molecule has 9 heteroatoms. The maximum absolute atomic E-state index is 14.6. The van der Waals surface area contributed by atoms with Gasteiger partial charge in [-0.1, -0.05) is 24.3 Å². The summed E-state index contributed by atoms with van der Waals surface area (Å²) in [6, 6.07) is 11.5. The topological polar surface area (TPSA) is 101 Å². The van der Waals surface area contributed by atoms with Crippen LogP contribution in [0.5, 0.6) is 0 Å². The summed E-state index contributed by atoms with van der Waals surface area (Å²) >= 11 is 0. The van der Waals surface area contributed by atoms with Gasteiger partial charge in [-0.05, 0) is 23.8 Å². The van der Waals surface area contributed by atoms with Crippen molar-refractivity contribution in [1.82, 2.24) is 24.9 Å². The van der Waals surface area contributed by atoms with E-state index >= 15 is 0 Å². The molecular weight excluding hydrogens is 413 g/mol. The Kier molecular flexibility index (Phi) is 4.85. The van der Waals surface area contributed by atoms with Crippen molar-refractivity contribution >= 4 is 23.1 Å². The molecule has 8 nitrogen and oxygen atoms in total. The van der Waals surface area contributed by atoms with E-state index in [1.807, 2.05) is 12.1 Å². The van der Waals surface area contributed by atoms with Gasteiger partial charge in [-0.2, -0.15) is 10.2 Å². The summed E-state index contributed by atoms with van der Waals surface area (Å²) in [7, 11) is 0. The highest BCUT2D eigenvalue weighted by Crippen LogP contribution is 2.22. The van der Waals surface area contributed by atoms with E-state index in [0.29, 0.717) is 47.8 Å². The Morgan fingerprint density at radius 2 is 2.00 bits per heavy atom. The predicted octanol–water partition coefficient (Wildman–Crippen LogP) is 2.09. The van der Waals surface area contributed by atoms with Gasteiger partial charge < -0.3 is 4.90 Å². The number of aromatic amines is 1. The van der Waals surface area contributed by atoms with E-state index in [1.165, 1.54) is 16.8 Å². The number of aromatic nitrogens is 4. The quantitative estimate of drug-likeness (QED) is 0.499. The molecule has 2 aromatic carbocycles. The summed E-state index contributed by atoms with van der Waals surface area (Å²) in [6.45, 7) is 0.648. The first-order chi connectivity index (χ1) is 15.5. The van der Waals surface area contributed by atoms with Crippen LogP contribution in [0.25, 0.3) is 10.8 Å². The normalized spacial score (nSPS) is 13.2. The summed E-state index contributed by atoms with van der Waals surface area (Å²) in [5, 5.41) is 12.0. The third-order valence-electron chi connectivity index (χ3n) is 5.68. The number of nitrogens with zero attached hydrogens (tertiary/aromatic N) is 4. The molecule has 2 aromatic heterocycles. The van der Waals surface area contributed by atoms with Crippen molar-refractivity contribution in [3.05, 3.63) is 92.9 Å². The van der Waals surface area contributed by atoms with Gasteiger partial charge in [-0.3, -0.25) is 14.4 Å². The molecule has 1 aliphatic rings. The Morgan fingerprint density at radius 3 is 2.81 bits per heavy atom. The molecule has 0 radical (unpaired) electrons. The number of carbonyl (C=O) groups excluding carboxylic acids is 2. The lowest BCUT2D eigenvalue weighted by Crippen LogP contribution is -2.36.